The summed E-state index contributed by atoms with van der Waals surface area (Å²) in [7, 11) is 0. The Kier molecular flexibility index (Phi) is 2.24. The minimum atomic E-state index is -1.36. The fourth-order valence-electron chi connectivity index (χ4n) is 1.43. The maximum Gasteiger partial charge on any atom is 0.141 e. The molecule has 0 spiro atoms. The van der Waals surface area contributed by atoms with Crippen LogP contribution in [0.4, 0.5) is 0 Å². The van der Waals surface area contributed by atoms with Crippen molar-refractivity contribution in [3.05, 3.63) is 0 Å². The number of carboxylic acids is 1. The average molecular weight is 157 g/mol. The molecule has 0 heterocycles. The van der Waals surface area contributed by atoms with Crippen LogP contribution in [0, 0.1) is 11.8 Å². The van der Waals surface area contributed by atoms with E-state index in [2.05, 4.69) is 0 Å². The van der Waals surface area contributed by atoms with E-state index in [1.807, 2.05) is 0 Å². The van der Waals surface area contributed by atoms with Crippen molar-refractivity contribution in [1.29, 1.82) is 0 Å². The van der Waals surface area contributed by atoms with E-state index in [1.165, 1.54) is 0 Å². The summed E-state index contributed by atoms with van der Waals surface area (Å²) in [5, 5.41) is 19.0. The minimum Gasteiger partial charge on any atom is -0.549 e. The van der Waals surface area contributed by atoms with Crippen LogP contribution in [0.2, 0.25) is 0 Å². The number of aliphatic hydroxyl groups is 1. The van der Waals surface area contributed by atoms with E-state index in [0.29, 0.717) is 6.42 Å². The molecule has 62 valence electrons. The van der Waals surface area contributed by atoms with E-state index in [4.69, 9.17) is 5.11 Å². The van der Waals surface area contributed by atoms with Gasteiger partial charge in [-0.15, -0.1) is 0 Å². The van der Waals surface area contributed by atoms with Gasteiger partial charge in [-0.25, -0.2) is 0 Å². The molecule has 1 aliphatic carbocycles. The minimum absolute atomic E-state index is 0.246. The highest BCUT2D eigenvalue weighted by molar-refractivity contribution is 5.99. The number of aliphatic hydroxyl groups excluding tert-OH is 1. The summed E-state index contributed by atoms with van der Waals surface area (Å²) in [5.74, 6) is -3.16. The van der Waals surface area contributed by atoms with Gasteiger partial charge in [0.15, 0.2) is 0 Å². The third-order valence-electron chi connectivity index (χ3n) is 2.07. The van der Waals surface area contributed by atoms with Crippen LogP contribution < -0.4 is 5.11 Å². The van der Waals surface area contributed by atoms with Gasteiger partial charge in [0.05, 0.1) is 11.9 Å². The number of carbonyl (C=O) groups excluding carboxylic acids is 2. The first-order valence-corrected chi connectivity index (χ1v) is 3.51. The summed E-state index contributed by atoms with van der Waals surface area (Å²) in [6, 6.07) is 0. The van der Waals surface area contributed by atoms with E-state index in [-0.39, 0.29) is 18.8 Å². The maximum atomic E-state index is 10.9. The highest BCUT2D eigenvalue weighted by Gasteiger charge is 2.34. The van der Waals surface area contributed by atoms with Gasteiger partial charge in [0, 0.05) is 13.0 Å². The monoisotopic (exact) mass is 157 g/mol. The number of Topliss-reactive ketones (excluding diaryl/α,β-unsaturated/α-hetero) is 1. The van der Waals surface area contributed by atoms with Crippen molar-refractivity contribution in [3.8, 4) is 0 Å². The molecule has 1 rings (SSSR count). The third kappa shape index (κ3) is 1.40. The predicted molar refractivity (Wildman–Crippen MR) is 33.3 cm³/mol. The number of hydrogen-bond donors (Lipinski definition) is 1. The van der Waals surface area contributed by atoms with Gasteiger partial charge in [0.1, 0.15) is 5.78 Å². The molecule has 1 fully saturated rings. The smallest absolute Gasteiger partial charge is 0.141 e. The second kappa shape index (κ2) is 3.00. The Balaban J connectivity index is 2.71. The molecular weight excluding hydrogens is 148 g/mol. The zero-order valence-electron chi connectivity index (χ0n) is 5.95. The molecule has 0 aromatic rings. The summed E-state index contributed by atoms with van der Waals surface area (Å²) in [5.41, 5.74) is 0. The van der Waals surface area contributed by atoms with Crippen LogP contribution in [-0.4, -0.2) is 23.5 Å². The normalized spacial score (nSPS) is 30.8. The zero-order valence-corrected chi connectivity index (χ0v) is 5.95. The third-order valence-corrected chi connectivity index (χ3v) is 2.07. The van der Waals surface area contributed by atoms with Crippen molar-refractivity contribution in [2.75, 3.05) is 6.61 Å². The van der Waals surface area contributed by atoms with Crippen molar-refractivity contribution in [1.82, 2.24) is 0 Å². The average Bonchev–Trinajstić information content (AvgIpc) is 2.30. The molecule has 4 heteroatoms. The van der Waals surface area contributed by atoms with E-state index >= 15 is 0 Å². The van der Waals surface area contributed by atoms with Gasteiger partial charge in [0.2, 0.25) is 0 Å². The Labute approximate surface area is 63.8 Å². The quantitative estimate of drug-likeness (QED) is 0.486. The molecule has 1 aliphatic rings. The topological polar surface area (TPSA) is 77.4 Å². The summed E-state index contributed by atoms with van der Waals surface area (Å²) < 4.78 is 0. The highest BCUT2D eigenvalue weighted by Crippen LogP contribution is 2.27. The Hall–Kier alpha value is -0.900. The number of aliphatic carboxylic acids is 1. The molecule has 0 aromatic heterocycles. The standard InChI is InChI=1S/C7H10O4/c8-3-4-1-2-5(9)6(4)7(10)11/h4,6,8H,1-3H2,(H,10,11)/p-1. The number of carbonyl (C=O) groups is 2. The van der Waals surface area contributed by atoms with Gasteiger partial charge >= 0.3 is 0 Å². The largest absolute Gasteiger partial charge is 0.549 e. The molecule has 1 N–H and O–H groups in total. The lowest BCUT2D eigenvalue weighted by Gasteiger charge is -2.15. The highest BCUT2D eigenvalue weighted by atomic mass is 16.4. The van der Waals surface area contributed by atoms with Crippen LogP contribution in [0.25, 0.3) is 0 Å². The Morgan fingerprint density at radius 1 is 1.73 bits per heavy atom. The first-order chi connectivity index (χ1) is 5.16. The molecule has 0 radical (unpaired) electrons. The molecule has 0 aliphatic heterocycles. The van der Waals surface area contributed by atoms with Crippen LogP contribution >= 0.6 is 0 Å². The van der Waals surface area contributed by atoms with Crippen molar-refractivity contribution in [2.45, 2.75) is 12.8 Å². The molecule has 0 aromatic carbocycles. The Morgan fingerprint density at radius 3 is 2.73 bits per heavy atom. The molecule has 2 unspecified atom stereocenters. The lowest BCUT2D eigenvalue weighted by molar-refractivity contribution is -0.311. The predicted octanol–water partition coefficient (Wildman–Crippen LogP) is -1.68. The number of hydrogen-bond acceptors (Lipinski definition) is 4. The van der Waals surface area contributed by atoms with Crippen LogP contribution in [0.1, 0.15) is 12.8 Å². The second-order valence-corrected chi connectivity index (χ2v) is 2.74. The fraction of sp³-hybridized carbons (Fsp3) is 0.714. The van der Waals surface area contributed by atoms with E-state index < -0.39 is 17.8 Å². The van der Waals surface area contributed by atoms with Crippen LogP contribution in [0.15, 0.2) is 0 Å². The van der Waals surface area contributed by atoms with Gasteiger partial charge < -0.3 is 15.0 Å². The number of ketones is 1. The molecule has 0 saturated heterocycles. The zero-order chi connectivity index (χ0) is 8.43. The molecule has 11 heavy (non-hydrogen) atoms. The van der Waals surface area contributed by atoms with Crippen molar-refractivity contribution in [2.24, 2.45) is 11.8 Å². The summed E-state index contributed by atoms with van der Waals surface area (Å²) in [4.78, 5) is 21.2. The van der Waals surface area contributed by atoms with Crippen molar-refractivity contribution in [3.63, 3.8) is 0 Å². The second-order valence-electron chi connectivity index (χ2n) is 2.74. The van der Waals surface area contributed by atoms with E-state index in [0.717, 1.165) is 0 Å². The van der Waals surface area contributed by atoms with Crippen LogP contribution in [0.3, 0.4) is 0 Å². The summed E-state index contributed by atoms with van der Waals surface area (Å²) in [6.07, 6.45) is 0.720. The lowest BCUT2D eigenvalue weighted by Crippen LogP contribution is -2.38. The van der Waals surface area contributed by atoms with Gasteiger partial charge in [-0.2, -0.15) is 0 Å². The van der Waals surface area contributed by atoms with Gasteiger partial charge in [0.25, 0.3) is 0 Å². The molecular formula is C7H9O4-. The summed E-state index contributed by atoms with van der Waals surface area (Å²) in [6.45, 7) is -0.246. The van der Waals surface area contributed by atoms with Crippen LogP contribution in [0.5, 0.6) is 0 Å². The molecule has 2 atom stereocenters. The van der Waals surface area contributed by atoms with Crippen molar-refractivity contribution >= 4 is 11.8 Å². The molecule has 1 saturated carbocycles. The fourth-order valence-corrected chi connectivity index (χ4v) is 1.43. The Morgan fingerprint density at radius 2 is 2.36 bits per heavy atom. The summed E-state index contributed by atoms with van der Waals surface area (Å²) >= 11 is 0. The molecule has 4 nitrogen and oxygen atoms in total. The Bertz CT molecular complexity index is 187. The maximum absolute atomic E-state index is 10.9. The first kappa shape index (κ1) is 8.20. The SMILES string of the molecule is O=C([O-])C1C(=O)CCC1CO. The first-order valence-electron chi connectivity index (χ1n) is 3.51. The lowest BCUT2D eigenvalue weighted by atomic mass is 9.97. The van der Waals surface area contributed by atoms with Crippen LogP contribution in [-0.2, 0) is 9.59 Å². The van der Waals surface area contributed by atoms with Gasteiger partial charge in [-0.05, 0) is 12.3 Å². The van der Waals surface area contributed by atoms with Gasteiger partial charge in [-0.3, -0.25) is 4.79 Å². The number of carboxylic acid groups (broad SMARTS) is 1. The molecule has 0 amide bonds. The molecule has 0 bridgehead atoms. The van der Waals surface area contributed by atoms with Gasteiger partial charge in [-0.1, -0.05) is 0 Å². The van der Waals surface area contributed by atoms with E-state index in [9.17, 15) is 14.7 Å². The van der Waals surface area contributed by atoms with Crippen molar-refractivity contribution < 1.29 is 19.8 Å². The number of rotatable bonds is 2. The van der Waals surface area contributed by atoms with E-state index in [1.54, 1.807) is 0 Å².